The molecule has 3 rings (SSSR count). The summed E-state index contributed by atoms with van der Waals surface area (Å²) in [6.45, 7) is 0. The van der Waals surface area contributed by atoms with Gasteiger partial charge < -0.3 is 11.1 Å². The van der Waals surface area contributed by atoms with Crippen molar-refractivity contribution < 1.29 is 4.79 Å². The minimum atomic E-state index is -0.149. The summed E-state index contributed by atoms with van der Waals surface area (Å²) >= 11 is 1.48. The summed E-state index contributed by atoms with van der Waals surface area (Å²) in [5.74, 6) is 0.776. The number of carbonyl (C=O) groups is 1. The molecule has 1 amide bonds. The number of nitrogens with zero attached hydrogens (tertiary/aromatic N) is 3. The van der Waals surface area contributed by atoms with Gasteiger partial charge in [-0.3, -0.25) is 4.79 Å². The Balaban J connectivity index is 1.58. The highest BCUT2D eigenvalue weighted by Gasteiger charge is 2.20. The highest BCUT2D eigenvalue weighted by molar-refractivity contribution is 7.15. The van der Waals surface area contributed by atoms with Crippen molar-refractivity contribution in [1.82, 2.24) is 15.2 Å². The monoisotopic (exact) mass is 317 g/mol. The van der Waals surface area contributed by atoms with E-state index in [1.165, 1.54) is 43.4 Å². The molecule has 1 fully saturated rings. The molecule has 22 heavy (non-hydrogen) atoms. The Labute approximate surface area is 133 Å². The maximum atomic E-state index is 12.0. The van der Waals surface area contributed by atoms with E-state index in [2.05, 4.69) is 20.5 Å². The average molecular weight is 317 g/mol. The van der Waals surface area contributed by atoms with Gasteiger partial charge >= 0.3 is 0 Å². The number of amides is 1. The number of nitrogens with one attached hydrogen (secondary N) is 1. The Morgan fingerprint density at radius 3 is 2.86 bits per heavy atom. The van der Waals surface area contributed by atoms with Crippen molar-refractivity contribution in [2.24, 2.45) is 0 Å². The van der Waals surface area contributed by atoms with Crippen molar-refractivity contribution in [1.29, 1.82) is 0 Å². The first-order chi connectivity index (χ1) is 10.7. The van der Waals surface area contributed by atoms with Crippen LogP contribution in [0, 0.1) is 0 Å². The summed E-state index contributed by atoms with van der Waals surface area (Å²) in [6.07, 6.45) is 6.36. The zero-order valence-electron chi connectivity index (χ0n) is 12.3. The lowest BCUT2D eigenvalue weighted by atomic mass is 9.90. The molecule has 0 spiro atoms. The van der Waals surface area contributed by atoms with E-state index in [-0.39, 0.29) is 12.3 Å². The summed E-state index contributed by atoms with van der Waals surface area (Å²) in [6, 6.07) is 5.27. The number of nitrogens with two attached hydrogens (primary N) is 1. The van der Waals surface area contributed by atoms with Gasteiger partial charge in [-0.1, -0.05) is 36.7 Å². The highest BCUT2D eigenvalue weighted by Crippen LogP contribution is 2.35. The zero-order valence-corrected chi connectivity index (χ0v) is 13.1. The largest absolute Gasteiger partial charge is 0.384 e. The predicted molar refractivity (Wildman–Crippen MR) is 86.7 cm³/mol. The number of hydrogen-bond acceptors (Lipinski definition) is 6. The van der Waals surface area contributed by atoms with Crippen molar-refractivity contribution in [3.63, 3.8) is 0 Å². The third-order valence-electron chi connectivity index (χ3n) is 3.81. The molecule has 2 heterocycles. The molecule has 3 N–H and O–H groups in total. The van der Waals surface area contributed by atoms with Gasteiger partial charge in [0, 0.05) is 5.92 Å². The van der Waals surface area contributed by atoms with Crippen LogP contribution in [-0.4, -0.2) is 21.1 Å². The Kier molecular flexibility index (Phi) is 4.62. The number of rotatable bonds is 4. The normalized spacial score (nSPS) is 15.6. The molecular formula is C15H19N5OS. The lowest BCUT2D eigenvalue weighted by Crippen LogP contribution is -2.15. The number of carbonyl (C=O) groups excluding carboxylic acids is 1. The molecule has 1 saturated carbocycles. The molecule has 7 heteroatoms. The van der Waals surface area contributed by atoms with E-state index in [1.54, 1.807) is 18.2 Å². The van der Waals surface area contributed by atoms with E-state index in [0.717, 1.165) is 5.01 Å². The highest BCUT2D eigenvalue weighted by atomic mass is 32.1. The molecule has 6 nitrogen and oxygen atoms in total. The van der Waals surface area contributed by atoms with E-state index in [1.807, 2.05) is 0 Å². The maximum absolute atomic E-state index is 12.0. The second kappa shape index (κ2) is 6.83. The molecule has 0 unspecified atom stereocenters. The van der Waals surface area contributed by atoms with Gasteiger partial charge in [-0.2, -0.15) is 0 Å². The van der Waals surface area contributed by atoms with Crippen LogP contribution in [0.15, 0.2) is 18.2 Å². The fourth-order valence-electron chi connectivity index (χ4n) is 2.72. The van der Waals surface area contributed by atoms with E-state index < -0.39 is 0 Å². The number of hydrogen-bond donors (Lipinski definition) is 2. The van der Waals surface area contributed by atoms with Crippen molar-refractivity contribution in [2.45, 2.75) is 44.4 Å². The van der Waals surface area contributed by atoms with Crippen LogP contribution in [0.25, 0.3) is 0 Å². The van der Waals surface area contributed by atoms with E-state index >= 15 is 0 Å². The predicted octanol–water partition coefficient (Wildman–Crippen LogP) is 2.74. The number of pyridine rings is 1. The molecule has 1 aliphatic rings. The van der Waals surface area contributed by atoms with Crippen LogP contribution in [-0.2, 0) is 11.2 Å². The summed E-state index contributed by atoms with van der Waals surface area (Å²) in [5.41, 5.74) is 6.26. The van der Waals surface area contributed by atoms with E-state index in [0.29, 0.717) is 22.6 Å². The Hall–Kier alpha value is -2.02. The number of anilines is 2. The topological polar surface area (TPSA) is 93.8 Å². The molecule has 0 aromatic carbocycles. The quantitative estimate of drug-likeness (QED) is 0.904. The lowest BCUT2D eigenvalue weighted by molar-refractivity contribution is -0.115. The Morgan fingerprint density at radius 2 is 2.09 bits per heavy atom. The zero-order chi connectivity index (χ0) is 15.4. The van der Waals surface area contributed by atoms with Crippen LogP contribution in [0.3, 0.4) is 0 Å². The van der Waals surface area contributed by atoms with Gasteiger partial charge in [0.05, 0.1) is 12.1 Å². The van der Waals surface area contributed by atoms with Gasteiger partial charge in [0.25, 0.3) is 0 Å². The van der Waals surface area contributed by atoms with Crippen LogP contribution in [0.1, 0.15) is 48.7 Å². The summed E-state index contributed by atoms with van der Waals surface area (Å²) in [7, 11) is 0. The molecule has 0 bridgehead atoms. The van der Waals surface area contributed by atoms with Crippen molar-refractivity contribution in [3.05, 3.63) is 28.9 Å². The minimum absolute atomic E-state index is 0.149. The van der Waals surface area contributed by atoms with Crippen LogP contribution >= 0.6 is 11.3 Å². The SMILES string of the molecule is Nc1cccc(CC(=O)Nc2nnc(C3CCCCC3)s2)n1. The molecule has 0 atom stereocenters. The standard InChI is InChI=1S/C15H19N5OS/c16-12-8-4-7-11(17-12)9-13(21)18-15-20-19-14(22-15)10-5-2-1-3-6-10/h4,7-8,10H,1-3,5-6,9H2,(H2,16,17)(H,18,20,21). The van der Waals surface area contributed by atoms with Crippen molar-refractivity contribution in [2.75, 3.05) is 11.1 Å². The van der Waals surface area contributed by atoms with E-state index in [9.17, 15) is 4.79 Å². The van der Waals surface area contributed by atoms with Gasteiger partial charge in [-0.15, -0.1) is 10.2 Å². The van der Waals surface area contributed by atoms with Crippen molar-refractivity contribution in [3.8, 4) is 0 Å². The summed E-state index contributed by atoms with van der Waals surface area (Å²) in [5, 5.41) is 12.7. The fourth-order valence-corrected chi connectivity index (χ4v) is 3.65. The first-order valence-corrected chi connectivity index (χ1v) is 8.37. The number of nitrogen functional groups attached to an aromatic ring is 1. The van der Waals surface area contributed by atoms with Gasteiger partial charge in [-0.25, -0.2) is 4.98 Å². The second-order valence-corrected chi connectivity index (χ2v) is 6.57. The van der Waals surface area contributed by atoms with Crippen molar-refractivity contribution >= 4 is 28.2 Å². The molecular weight excluding hydrogens is 298 g/mol. The molecule has 0 saturated heterocycles. The minimum Gasteiger partial charge on any atom is -0.384 e. The molecule has 2 aromatic heterocycles. The molecule has 116 valence electrons. The number of aromatic nitrogens is 3. The summed E-state index contributed by atoms with van der Waals surface area (Å²) in [4.78, 5) is 16.1. The molecule has 0 aliphatic heterocycles. The molecule has 0 radical (unpaired) electrons. The summed E-state index contributed by atoms with van der Waals surface area (Å²) < 4.78 is 0. The van der Waals surface area contributed by atoms with Gasteiger partial charge in [-0.05, 0) is 25.0 Å². The maximum Gasteiger partial charge on any atom is 0.232 e. The second-order valence-electron chi connectivity index (χ2n) is 5.56. The van der Waals surface area contributed by atoms with Gasteiger partial charge in [0.15, 0.2) is 0 Å². The lowest BCUT2D eigenvalue weighted by Gasteiger charge is -2.18. The Bertz CT molecular complexity index is 651. The van der Waals surface area contributed by atoms with E-state index in [4.69, 9.17) is 5.73 Å². The first kappa shape index (κ1) is 14.9. The van der Waals surface area contributed by atoms with Crippen LogP contribution in [0.2, 0.25) is 0 Å². The third kappa shape index (κ3) is 3.79. The van der Waals surface area contributed by atoms with Crippen LogP contribution in [0.4, 0.5) is 10.9 Å². The third-order valence-corrected chi connectivity index (χ3v) is 4.81. The molecule has 1 aliphatic carbocycles. The van der Waals surface area contributed by atoms with Gasteiger partial charge in [0.2, 0.25) is 11.0 Å². The Morgan fingerprint density at radius 1 is 1.27 bits per heavy atom. The van der Waals surface area contributed by atoms with Crippen LogP contribution in [0.5, 0.6) is 0 Å². The van der Waals surface area contributed by atoms with Gasteiger partial charge in [0.1, 0.15) is 10.8 Å². The fraction of sp³-hybridized carbons (Fsp3) is 0.467. The van der Waals surface area contributed by atoms with Crippen LogP contribution < -0.4 is 11.1 Å². The average Bonchev–Trinajstić information content (AvgIpc) is 2.96. The molecule has 2 aromatic rings. The first-order valence-electron chi connectivity index (χ1n) is 7.55. The smallest absolute Gasteiger partial charge is 0.232 e.